The Bertz CT molecular complexity index is 360. The number of hydrogen-bond acceptors (Lipinski definition) is 3. The van der Waals surface area contributed by atoms with Gasteiger partial charge in [-0.1, -0.05) is 19.3 Å². The molecule has 5 heteroatoms. The summed E-state index contributed by atoms with van der Waals surface area (Å²) in [6.45, 7) is 1.64. The van der Waals surface area contributed by atoms with E-state index in [2.05, 4.69) is 0 Å². The van der Waals surface area contributed by atoms with Crippen molar-refractivity contribution in [2.75, 3.05) is 0 Å². The van der Waals surface area contributed by atoms with E-state index in [1.807, 2.05) is 0 Å². The van der Waals surface area contributed by atoms with Crippen LogP contribution in [0.15, 0.2) is 15.7 Å². The molecule has 1 aromatic heterocycles. The molecule has 1 heterocycles. The van der Waals surface area contributed by atoms with E-state index >= 15 is 0 Å². The van der Waals surface area contributed by atoms with Crippen molar-refractivity contribution in [3.63, 3.8) is 0 Å². The van der Waals surface area contributed by atoms with Crippen molar-refractivity contribution in [2.45, 2.75) is 30.4 Å². The Morgan fingerprint density at radius 2 is 1.92 bits per heavy atom. The van der Waals surface area contributed by atoms with E-state index in [4.69, 9.17) is 4.55 Å². The molecule has 0 radical (unpaired) electrons. The second kappa shape index (κ2) is 4.21. The lowest BCUT2D eigenvalue weighted by Gasteiger charge is -1.90. The van der Waals surface area contributed by atoms with E-state index < -0.39 is 10.1 Å². The van der Waals surface area contributed by atoms with Gasteiger partial charge in [-0.25, -0.2) is 0 Å². The molecule has 0 saturated heterocycles. The van der Waals surface area contributed by atoms with Gasteiger partial charge in [0.1, 0.15) is 4.21 Å². The van der Waals surface area contributed by atoms with Crippen molar-refractivity contribution in [1.82, 2.24) is 0 Å². The van der Waals surface area contributed by atoms with Gasteiger partial charge in [0, 0.05) is 0 Å². The van der Waals surface area contributed by atoms with Crippen LogP contribution in [-0.2, 0) is 10.1 Å². The molecule has 74 valence electrons. The van der Waals surface area contributed by atoms with Crippen molar-refractivity contribution in [1.29, 1.82) is 0 Å². The number of rotatable bonds is 1. The van der Waals surface area contributed by atoms with Crippen molar-refractivity contribution in [3.8, 4) is 0 Å². The van der Waals surface area contributed by atoms with Crippen LogP contribution >= 0.6 is 11.3 Å². The third-order valence-corrected chi connectivity index (χ3v) is 3.92. The van der Waals surface area contributed by atoms with E-state index in [1.54, 1.807) is 18.4 Å². The van der Waals surface area contributed by atoms with Crippen LogP contribution < -0.4 is 0 Å². The summed E-state index contributed by atoms with van der Waals surface area (Å²) in [5.41, 5.74) is 0.590. The Labute approximate surface area is 82.2 Å². The highest BCUT2D eigenvalue weighted by atomic mass is 32.3. The monoisotopic (exact) mass is 220 g/mol. The molecule has 3 nitrogen and oxygen atoms in total. The Hall–Kier alpha value is -0.390. The predicted octanol–water partition coefficient (Wildman–Crippen LogP) is 2.47. The number of thiophene rings is 1. The quantitative estimate of drug-likeness (QED) is 0.740. The number of hydrogen-bond donors (Lipinski definition) is 1. The summed E-state index contributed by atoms with van der Waals surface area (Å²) >= 11 is 1.02. The maximum Gasteiger partial charge on any atom is 0.304 e. The van der Waals surface area contributed by atoms with Crippen LogP contribution in [0.25, 0.3) is 0 Å². The highest BCUT2D eigenvalue weighted by molar-refractivity contribution is 7.88. The van der Waals surface area contributed by atoms with Crippen LogP contribution in [0, 0.1) is 6.92 Å². The second-order valence-electron chi connectivity index (χ2n) is 2.93. The first-order valence-electron chi connectivity index (χ1n) is 4.03. The molecule has 1 aliphatic carbocycles. The Balaban J connectivity index is 0.000000236. The zero-order valence-electron chi connectivity index (χ0n) is 7.36. The molecule has 1 saturated carbocycles. The standard InChI is InChI=1S/C5H6O3S2.C3H6/c1-4-2-3-9-5(4)10(6,7)8;1-2-3-1/h2-3H,1H3,(H,6,7,8);1-3H2. The normalized spacial score (nSPS) is 14.6. The highest BCUT2D eigenvalue weighted by Crippen LogP contribution is 2.20. The minimum absolute atomic E-state index is 0.0347. The summed E-state index contributed by atoms with van der Waals surface area (Å²) in [5.74, 6) is 0. The van der Waals surface area contributed by atoms with E-state index in [9.17, 15) is 8.42 Å². The first-order chi connectivity index (χ1) is 6.02. The molecule has 0 unspecified atom stereocenters. The first kappa shape index (κ1) is 10.7. The van der Waals surface area contributed by atoms with Crippen molar-refractivity contribution in [3.05, 3.63) is 17.0 Å². The van der Waals surface area contributed by atoms with Gasteiger partial charge in [-0.05, 0) is 23.9 Å². The summed E-state index contributed by atoms with van der Waals surface area (Å²) in [6, 6.07) is 1.65. The van der Waals surface area contributed by atoms with Crippen LogP contribution in [0.2, 0.25) is 0 Å². The van der Waals surface area contributed by atoms with Crippen LogP contribution in [0.5, 0.6) is 0 Å². The van der Waals surface area contributed by atoms with Gasteiger partial charge in [0.25, 0.3) is 0 Å². The molecule has 0 spiro atoms. The summed E-state index contributed by atoms with van der Waals surface area (Å²) in [6.07, 6.45) is 4.50. The smallest absolute Gasteiger partial charge is 0.281 e. The fourth-order valence-electron chi connectivity index (χ4n) is 0.623. The van der Waals surface area contributed by atoms with E-state index in [0.29, 0.717) is 5.56 Å². The summed E-state index contributed by atoms with van der Waals surface area (Å²) in [4.78, 5) is 0. The van der Waals surface area contributed by atoms with Gasteiger partial charge in [-0.15, -0.1) is 11.3 Å². The van der Waals surface area contributed by atoms with Gasteiger partial charge in [0.05, 0.1) is 0 Å². The van der Waals surface area contributed by atoms with Crippen molar-refractivity contribution < 1.29 is 13.0 Å². The van der Waals surface area contributed by atoms with Gasteiger partial charge in [0.15, 0.2) is 0 Å². The Morgan fingerprint density at radius 1 is 1.38 bits per heavy atom. The minimum Gasteiger partial charge on any atom is -0.281 e. The Morgan fingerprint density at radius 3 is 2.08 bits per heavy atom. The molecule has 0 atom stereocenters. The molecule has 0 aromatic carbocycles. The molecule has 0 aliphatic heterocycles. The molecular formula is C8H12O3S2. The Kier molecular flexibility index (Phi) is 3.47. The zero-order chi connectivity index (χ0) is 9.90. The molecule has 1 aromatic rings. The molecule has 2 rings (SSSR count). The lowest BCUT2D eigenvalue weighted by Crippen LogP contribution is -1.95. The van der Waals surface area contributed by atoms with Crippen LogP contribution in [-0.4, -0.2) is 13.0 Å². The lowest BCUT2D eigenvalue weighted by molar-refractivity contribution is 0.485. The molecule has 0 amide bonds. The van der Waals surface area contributed by atoms with Crippen LogP contribution in [0.3, 0.4) is 0 Å². The van der Waals surface area contributed by atoms with E-state index in [1.165, 1.54) is 19.3 Å². The first-order valence-corrected chi connectivity index (χ1v) is 6.35. The molecule has 1 fully saturated rings. The maximum atomic E-state index is 10.5. The van der Waals surface area contributed by atoms with Crippen molar-refractivity contribution in [2.24, 2.45) is 0 Å². The van der Waals surface area contributed by atoms with Crippen molar-refractivity contribution >= 4 is 21.5 Å². The summed E-state index contributed by atoms with van der Waals surface area (Å²) in [7, 11) is -3.97. The molecule has 1 aliphatic rings. The fourth-order valence-corrected chi connectivity index (χ4v) is 2.40. The maximum absolute atomic E-state index is 10.5. The van der Waals surface area contributed by atoms with Gasteiger partial charge < -0.3 is 0 Å². The number of aryl methyl sites for hydroxylation is 1. The van der Waals surface area contributed by atoms with Gasteiger partial charge >= 0.3 is 10.1 Å². The third-order valence-electron chi connectivity index (χ3n) is 1.40. The van der Waals surface area contributed by atoms with Crippen LogP contribution in [0.4, 0.5) is 0 Å². The summed E-state index contributed by atoms with van der Waals surface area (Å²) < 4.78 is 29.5. The van der Waals surface area contributed by atoms with E-state index in [-0.39, 0.29) is 4.21 Å². The fraction of sp³-hybridized carbons (Fsp3) is 0.500. The third kappa shape index (κ3) is 3.89. The lowest BCUT2D eigenvalue weighted by atomic mass is 10.4. The molecule has 0 bridgehead atoms. The second-order valence-corrected chi connectivity index (χ2v) is 5.46. The highest BCUT2D eigenvalue weighted by Gasteiger charge is 2.13. The van der Waals surface area contributed by atoms with Gasteiger partial charge in [-0.3, -0.25) is 4.55 Å². The largest absolute Gasteiger partial charge is 0.304 e. The topological polar surface area (TPSA) is 54.4 Å². The van der Waals surface area contributed by atoms with Gasteiger partial charge in [-0.2, -0.15) is 8.42 Å². The van der Waals surface area contributed by atoms with Crippen LogP contribution in [0.1, 0.15) is 24.8 Å². The average Bonchev–Trinajstić information content (AvgIpc) is 2.79. The zero-order valence-corrected chi connectivity index (χ0v) is 8.99. The minimum atomic E-state index is -3.97. The molecule has 13 heavy (non-hydrogen) atoms. The molecule has 1 N–H and O–H groups in total. The van der Waals surface area contributed by atoms with E-state index in [0.717, 1.165) is 11.3 Å². The van der Waals surface area contributed by atoms with Gasteiger partial charge in [0.2, 0.25) is 0 Å². The molecular weight excluding hydrogens is 208 g/mol. The SMILES string of the molecule is C1CC1.Cc1ccsc1S(=O)(=O)O. The summed E-state index contributed by atoms with van der Waals surface area (Å²) in [5, 5.41) is 1.62. The predicted molar refractivity (Wildman–Crippen MR) is 52.7 cm³/mol. The average molecular weight is 220 g/mol.